The smallest absolute Gasteiger partial charge is 0.261 e. The van der Waals surface area contributed by atoms with Crippen molar-refractivity contribution in [2.75, 3.05) is 42.3 Å². The molecule has 8 nitrogen and oxygen atoms in total. The summed E-state index contributed by atoms with van der Waals surface area (Å²) in [7, 11) is -3.71. The molecule has 2 amide bonds. The van der Waals surface area contributed by atoms with Crippen LogP contribution in [0.15, 0.2) is 89.8 Å². The highest BCUT2D eigenvalue weighted by molar-refractivity contribution is 7.92. The van der Waals surface area contributed by atoms with E-state index in [1.807, 2.05) is 18.2 Å². The van der Waals surface area contributed by atoms with Crippen LogP contribution >= 0.6 is 0 Å². The lowest BCUT2D eigenvalue weighted by molar-refractivity contribution is -0.130. The standard InChI is InChI=1S/C25H26N4O4S/c30-24(29-17-15-28(16-18-29)22-7-3-1-4-8-22)19-26-25(31)20-11-13-21(14-12-20)27-34(32,33)23-9-5-2-6-10-23/h1-14,27H,15-19H2,(H,26,31). The second-order valence-electron chi connectivity index (χ2n) is 7.88. The first kappa shape index (κ1) is 23.3. The van der Waals surface area contributed by atoms with Gasteiger partial charge in [-0.25, -0.2) is 8.42 Å². The van der Waals surface area contributed by atoms with Gasteiger partial charge in [-0.15, -0.1) is 0 Å². The van der Waals surface area contributed by atoms with E-state index in [1.54, 1.807) is 23.1 Å². The summed E-state index contributed by atoms with van der Waals surface area (Å²) in [5, 5.41) is 2.65. The van der Waals surface area contributed by atoms with Crippen molar-refractivity contribution in [1.82, 2.24) is 10.2 Å². The van der Waals surface area contributed by atoms with Gasteiger partial charge in [0.05, 0.1) is 11.4 Å². The Hall–Kier alpha value is -3.85. The molecule has 0 spiro atoms. The van der Waals surface area contributed by atoms with Crippen LogP contribution in [0.5, 0.6) is 0 Å². The molecule has 1 aliphatic heterocycles. The van der Waals surface area contributed by atoms with Crippen molar-refractivity contribution in [2.45, 2.75) is 4.90 Å². The van der Waals surface area contributed by atoms with Crippen molar-refractivity contribution in [3.8, 4) is 0 Å². The Bertz CT molecular complexity index is 1220. The summed E-state index contributed by atoms with van der Waals surface area (Å²) in [6, 6.07) is 24.2. The fraction of sp³-hybridized carbons (Fsp3) is 0.200. The Balaban J connectivity index is 1.26. The van der Waals surface area contributed by atoms with Crippen molar-refractivity contribution >= 4 is 33.2 Å². The summed E-state index contributed by atoms with van der Waals surface area (Å²) in [6.45, 7) is 2.58. The number of benzene rings is 3. The molecule has 0 bridgehead atoms. The summed E-state index contributed by atoms with van der Waals surface area (Å²) < 4.78 is 27.3. The maximum absolute atomic E-state index is 12.5. The van der Waals surface area contributed by atoms with Crippen LogP contribution < -0.4 is 14.9 Å². The van der Waals surface area contributed by atoms with Crippen molar-refractivity contribution in [1.29, 1.82) is 0 Å². The molecule has 3 aromatic carbocycles. The molecule has 2 N–H and O–H groups in total. The Morgan fingerprint density at radius 1 is 0.765 bits per heavy atom. The number of hydrogen-bond acceptors (Lipinski definition) is 5. The molecule has 34 heavy (non-hydrogen) atoms. The van der Waals surface area contributed by atoms with Gasteiger partial charge in [-0.1, -0.05) is 36.4 Å². The van der Waals surface area contributed by atoms with Gasteiger partial charge in [-0.2, -0.15) is 0 Å². The topological polar surface area (TPSA) is 98.8 Å². The molecule has 0 atom stereocenters. The first-order valence-electron chi connectivity index (χ1n) is 11.0. The van der Waals surface area contributed by atoms with Crippen LogP contribution in [0.2, 0.25) is 0 Å². The van der Waals surface area contributed by atoms with Crippen molar-refractivity contribution in [2.24, 2.45) is 0 Å². The summed E-state index contributed by atoms with van der Waals surface area (Å²) >= 11 is 0. The Morgan fingerprint density at radius 2 is 1.35 bits per heavy atom. The number of carbonyl (C=O) groups is 2. The molecule has 0 aromatic heterocycles. The monoisotopic (exact) mass is 478 g/mol. The van der Waals surface area contributed by atoms with Crippen LogP contribution in [0, 0.1) is 0 Å². The lowest BCUT2D eigenvalue weighted by Crippen LogP contribution is -2.51. The fourth-order valence-corrected chi connectivity index (χ4v) is 4.81. The second kappa shape index (κ2) is 10.4. The number of sulfonamides is 1. The molecule has 1 saturated heterocycles. The maximum atomic E-state index is 12.5. The van der Waals surface area contributed by atoms with Crippen LogP contribution in [-0.2, 0) is 14.8 Å². The number of carbonyl (C=O) groups excluding carboxylic acids is 2. The molecule has 176 valence electrons. The Morgan fingerprint density at radius 3 is 1.97 bits per heavy atom. The number of piperazine rings is 1. The molecule has 3 aromatic rings. The van der Waals surface area contributed by atoms with E-state index in [4.69, 9.17) is 0 Å². The number of rotatable bonds is 7. The van der Waals surface area contributed by atoms with Crippen LogP contribution in [0.1, 0.15) is 10.4 Å². The number of nitrogens with zero attached hydrogens (tertiary/aromatic N) is 2. The highest BCUT2D eigenvalue weighted by Crippen LogP contribution is 2.17. The fourth-order valence-electron chi connectivity index (χ4n) is 3.73. The summed E-state index contributed by atoms with van der Waals surface area (Å²) in [4.78, 5) is 29.1. The van der Waals surface area contributed by atoms with Gasteiger partial charge in [0.15, 0.2) is 0 Å². The number of hydrogen-bond donors (Lipinski definition) is 2. The minimum absolute atomic E-state index is 0.0907. The summed E-state index contributed by atoms with van der Waals surface area (Å²) in [5.74, 6) is -0.526. The van der Waals surface area contributed by atoms with E-state index in [9.17, 15) is 18.0 Å². The average Bonchev–Trinajstić information content (AvgIpc) is 2.88. The largest absolute Gasteiger partial charge is 0.368 e. The normalized spacial score (nSPS) is 13.9. The molecule has 0 radical (unpaired) electrons. The van der Waals surface area contributed by atoms with Gasteiger partial charge in [0.2, 0.25) is 5.91 Å². The second-order valence-corrected chi connectivity index (χ2v) is 9.56. The van der Waals surface area contributed by atoms with Gasteiger partial charge < -0.3 is 15.1 Å². The van der Waals surface area contributed by atoms with E-state index in [1.165, 1.54) is 36.4 Å². The molecule has 0 aliphatic carbocycles. The highest BCUT2D eigenvalue weighted by atomic mass is 32.2. The predicted octanol–water partition coefficient (Wildman–Crippen LogP) is 2.57. The average molecular weight is 479 g/mol. The Labute approximate surface area is 199 Å². The quantitative estimate of drug-likeness (QED) is 0.544. The third-order valence-electron chi connectivity index (χ3n) is 5.61. The van der Waals surface area contributed by atoms with E-state index in [0.29, 0.717) is 24.3 Å². The van der Waals surface area contributed by atoms with Crippen LogP contribution in [-0.4, -0.2) is 57.9 Å². The molecule has 4 rings (SSSR count). The minimum Gasteiger partial charge on any atom is -0.368 e. The third-order valence-corrected chi connectivity index (χ3v) is 7.00. The molecule has 1 heterocycles. The molecule has 1 aliphatic rings. The van der Waals surface area contributed by atoms with Crippen LogP contribution in [0.4, 0.5) is 11.4 Å². The van der Waals surface area contributed by atoms with Gasteiger partial charge in [-0.3, -0.25) is 14.3 Å². The zero-order valence-corrected chi connectivity index (χ0v) is 19.4. The molecular weight excluding hydrogens is 452 g/mol. The number of anilines is 2. The Kier molecular flexibility index (Phi) is 7.12. The van der Waals surface area contributed by atoms with E-state index in [-0.39, 0.29) is 17.3 Å². The van der Waals surface area contributed by atoms with Crippen LogP contribution in [0.25, 0.3) is 0 Å². The van der Waals surface area contributed by atoms with Crippen molar-refractivity contribution < 1.29 is 18.0 Å². The number of nitrogens with one attached hydrogen (secondary N) is 2. The van der Waals surface area contributed by atoms with Gasteiger partial charge in [0, 0.05) is 43.1 Å². The van der Waals surface area contributed by atoms with Gasteiger partial charge in [-0.05, 0) is 48.5 Å². The van der Waals surface area contributed by atoms with E-state index in [0.717, 1.165) is 18.8 Å². The zero-order chi connectivity index (χ0) is 24.0. The minimum atomic E-state index is -3.71. The van der Waals surface area contributed by atoms with E-state index in [2.05, 4.69) is 27.1 Å². The predicted molar refractivity (Wildman–Crippen MR) is 131 cm³/mol. The van der Waals surface area contributed by atoms with Gasteiger partial charge in [0.25, 0.3) is 15.9 Å². The number of para-hydroxylation sites is 1. The van der Waals surface area contributed by atoms with E-state index >= 15 is 0 Å². The molecule has 0 unspecified atom stereocenters. The molecule has 9 heteroatoms. The molecule has 0 saturated carbocycles. The first-order valence-corrected chi connectivity index (χ1v) is 12.4. The van der Waals surface area contributed by atoms with Gasteiger partial charge >= 0.3 is 0 Å². The highest BCUT2D eigenvalue weighted by Gasteiger charge is 2.21. The lowest BCUT2D eigenvalue weighted by Gasteiger charge is -2.36. The number of amides is 2. The van der Waals surface area contributed by atoms with Crippen LogP contribution in [0.3, 0.4) is 0 Å². The third kappa shape index (κ3) is 5.74. The van der Waals surface area contributed by atoms with Gasteiger partial charge in [0.1, 0.15) is 0 Å². The maximum Gasteiger partial charge on any atom is 0.261 e. The lowest BCUT2D eigenvalue weighted by atomic mass is 10.2. The summed E-state index contributed by atoms with van der Waals surface area (Å²) in [6.07, 6.45) is 0. The molecule has 1 fully saturated rings. The molecular formula is C25H26N4O4S. The summed E-state index contributed by atoms with van der Waals surface area (Å²) in [5.41, 5.74) is 1.81. The first-order chi connectivity index (χ1) is 16.4. The SMILES string of the molecule is O=C(NCC(=O)N1CCN(c2ccccc2)CC1)c1ccc(NS(=O)(=O)c2ccccc2)cc1. The zero-order valence-electron chi connectivity index (χ0n) is 18.6. The van der Waals surface area contributed by atoms with Crippen molar-refractivity contribution in [3.63, 3.8) is 0 Å². The van der Waals surface area contributed by atoms with E-state index < -0.39 is 15.9 Å². The van der Waals surface area contributed by atoms with Crippen molar-refractivity contribution in [3.05, 3.63) is 90.5 Å².